The first-order valence-corrected chi connectivity index (χ1v) is 9.47. The number of ether oxygens (including phenoxy) is 1. The Hall–Kier alpha value is -2.21. The molecular weight excluding hydrogens is 365 g/mol. The molecule has 0 spiro atoms. The van der Waals surface area contributed by atoms with Crippen LogP contribution >= 0.6 is 0 Å². The zero-order valence-electron chi connectivity index (χ0n) is 16.3. The Kier molecular flexibility index (Phi) is 6.50. The van der Waals surface area contributed by atoms with Crippen LogP contribution in [0.2, 0.25) is 0 Å². The molecule has 0 bridgehead atoms. The summed E-state index contributed by atoms with van der Waals surface area (Å²) < 4.78 is 45.4. The van der Waals surface area contributed by atoms with Crippen LogP contribution in [-0.2, 0) is 12.8 Å². The van der Waals surface area contributed by atoms with Crippen LogP contribution in [-0.4, -0.2) is 37.6 Å². The maximum Gasteiger partial charge on any atom is 0.416 e. The van der Waals surface area contributed by atoms with Gasteiger partial charge in [0.05, 0.1) is 11.3 Å². The molecule has 0 N–H and O–H groups in total. The van der Waals surface area contributed by atoms with Crippen LogP contribution in [0.25, 0.3) is 0 Å². The number of nitrogens with zero attached hydrogens (tertiary/aromatic N) is 2. The van der Waals surface area contributed by atoms with Gasteiger partial charge in [-0.3, -0.25) is 4.90 Å². The van der Waals surface area contributed by atoms with Crippen LogP contribution in [0.5, 0.6) is 5.75 Å². The lowest BCUT2D eigenvalue weighted by Crippen LogP contribution is -2.47. The molecule has 0 amide bonds. The fourth-order valence-corrected chi connectivity index (χ4v) is 3.40. The molecule has 1 saturated heterocycles. The van der Waals surface area contributed by atoms with Gasteiger partial charge in [0, 0.05) is 32.7 Å². The zero-order valence-corrected chi connectivity index (χ0v) is 16.3. The van der Waals surface area contributed by atoms with Crippen LogP contribution in [0.15, 0.2) is 48.5 Å². The molecule has 1 aliphatic rings. The molecule has 0 unspecified atom stereocenters. The largest absolute Gasteiger partial charge is 0.487 e. The van der Waals surface area contributed by atoms with Crippen molar-refractivity contribution in [3.05, 3.63) is 65.6 Å². The van der Waals surface area contributed by atoms with Crippen LogP contribution in [0.3, 0.4) is 0 Å². The summed E-state index contributed by atoms with van der Waals surface area (Å²) in [6.45, 7) is 8.70. The van der Waals surface area contributed by atoms with E-state index in [4.69, 9.17) is 4.74 Å². The molecule has 28 heavy (non-hydrogen) atoms. The summed E-state index contributed by atoms with van der Waals surface area (Å²) in [6, 6.07) is 13.3. The Morgan fingerprint density at radius 1 is 0.964 bits per heavy atom. The summed E-state index contributed by atoms with van der Waals surface area (Å²) in [5, 5.41) is 0. The SMILES string of the molecule is C[C](C)CN1CCN(c2ccc(C(F)(F)F)cc2OCc2ccccc2)CC1. The second-order valence-electron chi connectivity index (χ2n) is 7.42. The van der Waals surface area contributed by atoms with E-state index in [9.17, 15) is 13.2 Å². The summed E-state index contributed by atoms with van der Waals surface area (Å²) >= 11 is 0. The van der Waals surface area contributed by atoms with Crippen molar-refractivity contribution in [2.75, 3.05) is 37.6 Å². The maximum absolute atomic E-state index is 13.2. The Labute approximate surface area is 164 Å². The van der Waals surface area contributed by atoms with E-state index in [0.717, 1.165) is 56.1 Å². The third-order valence-corrected chi connectivity index (χ3v) is 4.78. The van der Waals surface area contributed by atoms with Gasteiger partial charge in [-0.05, 0) is 29.7 Å². The highest BCUT2D eigenvalue weighted by Crippen LogP contribution is 2.37. The summed E-state index contributed by atoms with van der Waals surface area (Å²) in [4.78, 5) is 4.47. The fourth-order valence-electron chi connectivity index (χ4n) is 3.40. The highest BCUT2D eigenvalue weighted by atomic mass is 19.4. The number of hydrogen-bond donors (Lipinski definition) is 0. The van der Waals surface area contributed by atoms with Gasteiger partial charge in [-0.25, -0.2) is 0 Å². The monoisotopic (exact) mass is 391 g/mol. The smallest absolute Gasteiger partial charge is 0.416 e. The molecule has 1 fully saturated rings. The van der Waals surface area contributed by atoms with E-state index < -0.39 is 11.7 Å². The van der Waals surface area contributed by atoms with Gasteiger partial charge in [0.25, 0.3) is 0 Å². The summed E-state index contributed by atoms with van der Waals surface area (Å²) in [5.74, 6) is 1.64. The molecule has 1 radical (unpaired) electrons. The van der Waals surface area contributed by atoms with E-state index in [0.29, 0.717) is 0 Å². The molecule has 151 valence electrons. The molecule has 6 heteroatoms. The van der Waals surface area contributed by atoms with E-state index in [1.807, 2.05) is 30.3 Å². The number of anilines is 1. The van der Waals surface area contributed by atoms with Gasteiger partial charge in [0.15, 0.2) is 0 Å². The number of rotatable bonds is 6. The Morgan fingerprint density at radius 3 is 2.25 bits per heavy atom. The van der Waals surface area contributed by atoms with Gasteiger partial charge < -0.3 is 9.64 Å². The van der Waals surface area contributed by atoms with E-state index in [1.54, 1.807) is 0 Å². The molecule has 2 aromatic rings. The van der Waals surface area contributed by atoms with Crippen LogP contribution < -0.4 is 9.64 Å². The molecule has 0 atom stereocenters. The first kappa shape index (κ1) is 20.5. The molecule has 0 saturated carbocycles. The molecule has 1 heterocycles. The molecule has 0 aliphatic carbocycles. The van der Waals surface area contributed by atoms with Gasteiger partial charge in [-0.2, -0.15) is 13.2 Å². The van der Waals surface area contributed by atoms with Crippen molar-refractivity contribution < 1.29 is 17.9 Å². The lowest BCUT2D eigenvalue weighted by atomic mass is 10.1. The topological polar surface area (TPSA) is 15.7 Å². The van der Waals surface area contributed by atoms with Crippen molar-refractivity contribution in [2.45, 2.75) is 26.6 Å². The molecule has 2 aromatic carbocycles. The number of halogens is 3. The lowest BCUT2D eigenvalue weighted by Gasteiger charge is -2.37. The van der Waals surface area contributed by atoms with Crippen molar-refractivity contribution in [1.29, 1.82) is 0 Å². The minimum Gasteiger partial charge on any atom is -0.487 e. The standard InChI is InChI=1S/C22H26F3N2O/c1-17(2)15-26-10-12-27(13-11-26)20-9-8-19(22(23,24)25)14-21(20)28-16-18-6-4-3-5-7-18/h3-9,14H,10-13,15-16H2,1-2H3. The van der Waals surface area contributed by atoms with Crippen molar-refractivity contribution in [1.82, 2.24) is 4.90 Å². The quantitative estimate of drug-likeness (QED) is 0.688. The van der Waals surface area contributed by atoms with E-state index in [1.165, 1.54) is 12.0 Å². The molecular formula is C22H26F3N2O. The van der Waals surface area contributed by atoms with Crippen molar-refractivity contribution in [3.8, 4) is 5.75 Å². The fraction of sp³-hybridized carbons (Fsp3) is 0.409. The van der Waals surface area contributed by atoms with Crippen LogP contribution in [0, 0.1) is 5.92 Å². The van der Waals surface area contributed by atoms with Gasteiger partial charge in [0.1, 0.15) is 12.4 Å². The average Bonchev–Trinajstić information content (AvgIpc) is 2.66. The van der Waals surface area contributed by atoms with E-state index >= 15 is 0 Å². The molecule has 3 nitrogen and oxygen atoms in total. The van der Waals surface area contributed by atoms with Gasteiger partial charge in [-0.15, -0.1) is 0 Å². The van der Waals surface area contributed by atoms with Gasteiger partial charge >= 0.3 is 6.18 Å². The van der Waals surface area contributed by atoms with Crippen molar-refractivity contribution in [2.24, 2.45) is 0 Å². The third kappa shape index (κ3) is 5.41. The predicted octanol–water partition coefficient (Wildman–Crippen LogP) is 5.02. The molecule has 3 rings (SSSR count). The minimum atomic E-state index is -4.39. The second-order valence-corrected chi connectivity index (χ2v) is 7.42. The van der Waals surface area contributed by atoms with E-state index in [-0.39, 0.29) is 12.4 Å². The summed E-state index contributed by atoms with van der Waals surface area (Å²) in [7, 11) is 0. The van der Waals surface area contributed by atoms with Crippen molar-refractivity contribution >= 4 is 5.69 Å². The van der Waals surface area contributed by atoms with Crippen LogP contribution in [0.4, 0.5) is 18.9 Å². The molecule has 0 aromatic heterocycles. The maximum atomic E-state index is 13.2. The third-order valence-electron chi connectivity index (χ3n) is 4.78. The van der Waals surface area contributed by atoms with Crippen molar-refractivity contribution in [3.63, 3.8) is 0 Å². The highest BCUT2D eigenvalue weighted by molar-refractivity contribution is 5.60. The summed E-state index contributed by atoms with van der Waals surface area (Å²) in [6.07, 6.45) is -4.39. The normalized spacial score (nSPS) is 15.9. The number of hydrogen-bond acceptors (Lipinski definition) is 3. The second kappa shape index (κ2) is 8.86. The highest BCUT2D eigenvalue weighted by Gasteiger charge is 2.32. The predicted molar refractivity (Wildman–Crippen MR) is 105 cm³/mol. The van der Waals surface area contributed by atoms with Gasteiger partial charge in [0.2, 0.25) is 0 Å². The Bertz CT molecular complexity index is 754. The number of piperazine rings is 1. The number of alkyl halides is 3. The first-order chi connectivity index (χ1) is 13.3. The first-order valence-electron chi connectivity index (χ1n) is 9.47. The Balaban J connectivity index is 1.77. The Morgan fingerprint density at radius 2 is 1.64 bits per heavy atom. The summed E-state index contributed by atoms with van der Waals surface area (Å²) in [5.41, 5.74) is 0.958. The zero-order chi connectivity index (χ0) is 20.1. The van der Waals surface area contributed by atoms with E-state index in [2.05, 4.69) is 23.6 Å². The minimum absolute atomic E-state index is 0.235. The lowest BCUT2D eigenvalue weighted by molar-refractivity contribution is -0.137. The number of benzene rings is 2. The average molecular weight is 391 g/mol. The van der Waals surface area contributed by atoms with Gasteiger partial charge in [-0.1, -0.05) is 44.2 Å². The molecule has 1 aliphatic heterocycles. The van der Waals surface area contributed by atoms with Crippen LogP contribution in [0.1, 0.15) is 25.0 Å².